The number of nitrogens with one attached hydrogen (secondary N) is 2. The van der Waals surface area contributed by atoms with Gasteiger partial charge in [-0.3, -0.25) is 4.79 Å². The van der Waals surface area contributed by atoms with Gasteiger partial charge in [0.1, 0.15) is 11.4 Å². The molecule has 2 amide bonds. The zero-order valence-corrected chi connectivity index (χ0v) is 13.1. The molecule has 1 unspecified atom stereocenters. The number of rotatable bonds is 2. The Hall–Kier alpha value is -2.83. The molecule has 2 saturated heterocycles. The lowest BCUT2D eigenvalue weighted by atomic mass is 9.92. The molecule has 0 aliphatic carbocycles. The van der Waals surface area contributed by atoms with E-state index in [0.717, 1.165) is 18.4 Å². The van der Waals surface area contributed by atoms with Crippen LogP contribution in [-0.4, -0.2) is 52.1 Å². The largest absolute Gasteiger partial charge is 0.439 e. The molecular formula is C17H18N4O3. The summed E-state index contributed by atoms with van der Waals surface area (Å²) in [5.41, 5.74) is 0.778. The number of ether oxygens (including phenoxy) is 1. The second kappa shape index (κ2) is 5.67. The van der Waals surface area contributed by atoms with Crippen LogP contribution < -0.4 is 5.32 Å². The smallest absolute Gasteiger partial charge is 0.407 e. The highest BCUT2D eigenvalue weighted by molar-refractivity contribution is 6.00. The van der Waals surface area contributed by atoms with Crippen LogP contribution in [0.5, 0.6) is 0 Å². The van der Waals surface area contributed by atoms with E-state index >= 15 is 0 Å². The highest BCUT2D eigenvalue weighted by Gasteiger charge is 2.45. The Kier molecular flexibility index (Phi) is 3.48. The van der Waals surface area contributed by atoms with Crippen molar-refractivity contribution in [3.63, 3.8) is 0 Å². The van der Waals surface area contributed by atoms with Crippen LogP contribution in [0.15, 0.2) is 36.7 Å². The number of likely N-dealkylation sites (tertiary alicyclic amines) is 1. The molecule has 4 rings (SSSR count). The quantitative estimate of drug-likeness (QED) is 0.881. The maximum atomic E-state index is 13.1. The van der Waals surface area contributed by atoms with E-state index in [1.54, 1.807) is 23.4 Å². The predicted molar refractivity (Wildman–Crippen MR) is 86.4 cm³/mol. The molecule has 1 aromatic heterocycles. The minimum Gasteiger partial charge on any atom is -0.439 e. The van der Waals surface area contributed by atoms with Crippen LogP contribution in [0.25, 0.3) is 11.4 Å². The first-order valence-corrected chi connectivity index (χ1v) is 8.02. The van der Waals surface area contributed by atoms with E-state index in [1.807, 2.05) is 18.2 Å². The number of alkyl carbamates (subject to hydrolysis) is 1. The lowest BCUT2D eigenvalue weighted by Gasteiger charge is -2.38. The van der Waals surface area contributed by atoms with Crippen molar-refractivity contribution in [3.8, 4) is 11.4 Å². The molecule has 3 heterocycles. The maximum absolute atomic E-state index is 13.1. The Morgan fingerprint density at radius 2 is 2.21 bits per heavy atom. The Labute approximate surface area is 139 Å². The summed E-state index contributed by atoms with van der Waals surface area (Å²) in [6.45, 7) is 1.52. The van der Waals surface area contributed by atoms with Crippen molar-refractivity contribution >= 4 is 12.0 Å². The zero-order valence-electron chi connectivity index (χ0n) is 13.1. The summed E-state index contributed by atoms with van der Waals surface area (Å²) in [7, 11) is 0. The van der Waals surface area contributed by atoms with Gasteiger partial charge in [0, 0.05) is 24.5 Å². The van der Waals surface area contributed by atoms with Crippen LogP contribution in [0.4, 0.5) is 4.79 Å². The molecule has 2 fully saturated rings. The van der Waals surface area contributed by atoms with Gasteiger partial charge in [-0.25, -0.2) is 9.78 Å². The minimum absolute atomic E-state index is 0.0657. The van der Waals surface area contributed by atoms with Crippen molar-refractivity contribution in [3.05, 3.63) is 42.2 Å². The molecule has 1 atom stereocenters. The Morgan fingerprint density at radius 3 is 2.96 bits per heavy atom. The zero-order chi connectivity index (χ0) is 16.6. The third-order valence-electron chi connectivity index (χ3n) is 4.60. The van der Waals surface area contributed by atoms with Crippen molar-refractivity contribution in [2.75, 3.05) is 19.6 Å². The summed E-state index contributed by atoms with van der Waals surface area (Å²) in [5.74, 6) is 0.601. The summed E-state index contributed by atoms with van der Waals surface area (Å²) in [6, 6.07) is 7.41. The Balaban J connectivity index is 1.61. The van der Waals surface area contributed by atoms with Gasteiger partial charge in [0.25, 0.3) is 5.91 Å². The van der Waals surface area contributed by atoms with E-state index in [4.69, 9.17) is 4.74 Å². The summed E-state index contributed by atoms with van der Waals surface area (Å²) in [4.78, 5) is 33.5. The van der Waals surface area contributed by atoms with Crippen LogP contribution in [-0.2, 0) is 4.74 Å². The van der Waals surface area contributed by atoms with Crippen LogP contribution in [0.2, 0.25) is 0 Å². The first kappa shape index (κ1) is 14.7. The summed E-state index contributed by atoms with van der Waals surface area (Å²) >= 11 is 0. The van der Waals surface area contributed by atoms with E-state index in [9.17, 15) is 9.59 Å². The van der Waals surface area contributed by atoms with Gasteiger partial charge >= 0.3 is 6.09 Å². The van der Waals surface area contributed by atoms with Gasteiger partial charge in [-0.05, 0) is 18.9 Å². The number of imidazole rings is 1. The number of piperidine rings is 1. The number of aromatic amines is 1. The summed E-state index contributed by atoms with van der Waals surface area (Å²) in [5, 5.41) is 2.70. The van der Waals surface area contributed by atoms with Crippen molar-refractivity contribution in [1.29, 1.82) is 0 Å². The average molecular weight is 326 g/mol. The number of aromatic nitrogens is 2. The summed E-state index contributed by atoms with van der Waals surface area (Å²) in [6.07, 6.45) is 4.57. The third-order valence-corrected chi connectivity index (χ3v) is 4.60. The van der Waals surface area contributed by atoms with Gasteiger partial charge in [0.05, 0.1) is 18.7 Å². The monoisotopic (exact) mass is 326 g/mol. The Bertz CT molecular complexity index is 774. The van der Waals surface area contributed by atoms with E-state index in [2.05, 4.69) is 15.3 Å². The highest BCUT2D eigenvalue weighted by atomic mass is 16.6. The Morgan fingerprint density at radius 1 is 1.33 bits per heavy atom. The molecule has 124 valence electrons. The molecule has 2 aliphatic rings. The van der Waals surface area contributed by atoms with Crippen LogP contribution in [0.1, 0.15) is 23.2 Å². The fourth-order valence-electron chi connectivity index (χ4n) is 3.46. The van der Waals surface area contributed by atoms with Crippen LogP contribution in [0, 0.1) is 0 Å². The molecule has 24 heavy (non-hydrogen) atoms. The average Bonchev–Trinajstić information content (AvgIpc) is 3.25. The fraction of sp³-hybridized carbons (Fsp3) is 0.353. The number of carbonyl (C=O) groups excluding carboxylic acids is 2. The second-order valence-electron chi connectivity index (χ2n) is 6.24. The first-order chi connectivity index (χ1) is 11.7. The van der Waals surface area contributed by atoms with Gasteiger partial charge in [-0.1, -0.05) is 18.2 Å². The lowest BCUT2D eigenvalue weighted by Crippen LogP contribution is -2.52. The van der Waals surface area contributed by atoms with Crippen molar-refractivity contribution in [1.82, 2.24) is 20.2 Å². The first-order valence-electron chi connectivity index (χ1n) is 8.02. The van der Waals surface area contributed by atoms with Gasteiger partial charge in [-0.15, -0.1) is 0 Å². The summed E-state index contributed by atoms with van der Waals surface area (Å²) < 4.78 is 5.45. The fourth-order valence-corrected chi connectivity index (χ4v) is 3.46. The van der Waals surface area contributed by atoms with Crippen molar-refractivity contribution in [2.45, 2.75) is 18.4 Å². The topological polar surface area (TPSA) is 87.3 Å². The molecule has 1 spiro atoms. The number of hydrogen-bond acceptors (Lipinski definition) is 4. The maximum Gasteiger partial charge on any atom is 0.407 e. The van der Waals surface area contributed by atoms with Crippen LogP contribution >= 0.6 is 0 Å². The second-order valence-corrected chi connectivity index (χ2v) is 6.24. The minimum atomic E-state index is -0.593. The molecule has 2 aromatic rings. The predicted octanol–water partition coefficient (Wildman–Crippen LogP) is 1.79. The molecule has 7 nitrogen and oxygen atoms in total. The van der Waals surface area contributed by atoms with E-state index in [1.165, 1.54) is 0 Å². The number of H-pyrrole nitrogens is 1. The molecule has 0 bridgehead atoms. The number of nitrogens with zero attached hydrogens (tertiary/aromatic N) is 2. The molecule has 1 aromatic carbocycles. The van der Waals surface area contributed by atoms with E-state index in [0.29, 0.717) is 31.0 Å². The number of hydrogen-bond donors (Lipinski definition) is 2. The van der Waals surface area contributed by atoms with Gasteiger partial charge in [0.2, 0.25) is 0 Å². The molecule has 0 radical (unpaired) electrons. The highest BCUT2D eigenvalue weighted by Crippen LogP contribution is 2.30. The van der Waals surface area contributed by atoms with Gasteiger partial charge in [-0.2, -0.15) is 0 Å². The van der Waals surface area contributed by atoms with E-state index in [-0.39, 0.29) is 5.91 Å². The number of benzene rings is 1. The SMILES string of the molecule is O=C1NCC2(CCCN(C(=O)c3ccccc3-c3ncc[nH]3)C2)O1. The number of amides is 2. The van der Waals surface area contributed by atoms with Gasteiger partial charge in [0.15, 0.2) is 0 Å². The van der Waals surface area contributed by atoms with Crippen molar-refractivity contribution < 1.29 is 14.3 Å². The van der Waals surface area contributed by atoms with Crippen molar-refractivity contribution in [2.24, 2.45) is 0 Å². The van der Waals surface area contributed by atoms with Gasteiger partial charge < -0.3 is 19.9 Å². The normalized spacial score (nSPS) is 23.2. The molecule has 2 N–H and O–H groups in total. The standard InChI is InChI=1S/C17H18N4O3/c22-15(13-5-2-1-4-12(13)14-18-7-8-19-14)21-9-3-6-17(11-21)10-20-16(23)24-17/h1-2,4-5,7-8H,3,6,9-11H2,(H,18,19)(H,20,23). The van der Waals surface area contributed by atoms with Crippen LogP contribution in [0.3, 0.4) is 0 Å². The molecule has 0 saturated carbocycles. The molecule has 2 aliphatic heterocycles. The third kappa shape index (κ3) is 2.51. The van der Waals surface area contributed by atoms with E-state index < -0.39 is 11.7 Å². The molecule has 7 heteroatoms. The lowest BCUT2D eigenvalue weighted by molar-refractivity contribution is -0.00501. The number of carbonyl (C=O) groups is 2. The molecular weight excluding hydrogens is 308 g/mol.